The second kappa shape index (κ2) is 7.50. The van der Waals surface area contributed by atoms with Gasteiger partial charge in [-0.25, -0.2) is 0 Å². The van der Waals surface area contributed by atoms with Gasteiger partial charge in [-0.15, -0.1) is 0 Å². The van der Waals surface area contributed by atoms with E-state index in [0.717, 1.165) is 36.6 Å². The van der Waals surface area contributed by atoms with Gasteiger partial charge in [-0.3, -0.25) is 9.78 Å². The predicted molar refractivity (Wildman–Crippen MR) is 78.8 cm³/mol. The zero-order chi connectivity index (χ0) is 13.5. The molecule has 104 valence electrons. The first-order valence-electron chi connectivity index (χ1n) is 6.78. The van der Waals surface area contributed by atoms with Gasteiger partial charge >= 0.3 is 0 Å². The van der Waals surface area contributed by atoms with Crippen molar-refractivity contribution in [3.63, 3.8) is 0 Å². The molecule has 4 nitrogen and oxygen atoms in total. The maximum atomic E-state index is 12.1. The monoisotopic (exact) mass is 279 g/mol. The molecular weight excluding hydrogens is 258 g/mol. The van der Waals surface area contributed by atoms with E-state index in [1.54, 1.807) is 18.0 Å². The Morgan fingerprint density at radius 3 is 3.16 bits per heavy atom. The Bertz CT molecular complexity index is 399. The summed E-state index contributed by atoms with van der Waals surface area (Å²) in [7, 11) is 0. The van der Waals surface area contributed by atoms with E-state index in [1.165, 1.54) is 0 Å². The number of carbonyl (C=O) groups is 1. The number of aromatic nitrogens is 1. The maximum Gasteiger partial charge on any atom is 0.223 e. The molecule has 2 rings (SSSR count). The predicted octanol–water partition coefficient (Wildman–Crippen LogP) is 1.65. The van der Waals surface area contributed by atoms with Gasteiger partial charge in [-0.1, -0.05) is 6.07 Å². The molecule has 0 saturated carbocycles. The molecule has 0 aliphatic carbocycles. The molecule has 2 heterocycles. The molecule has 1 saturated heterocycles. The summed E-state index contributed by atoms with van der Waals surface area (Å²) in [5.74, 6) is 1.97. The van der Waals surface area contributed by atoms with Gasteiger partial charge in [0, 0.05) is 43.3 Å². The van der Waals surface area contributed by atoms with Crippen LogP contribution in [-0.4, -0.2) is 40.7 Å². The molecular formula is C14H21N3OS. The molecule has 0 radical (unpaired) electrons. The van der Waals surface area contributed by atoms with Crippen molar-refractivity contribution < 1.29 is 4.79 Å². The van der Waals surface area contributed by atoms with E-state index >= 15 is 0 Å². The third-order valence-electron chi connectivity index (χ3n) is 3.41. The number of likely N-dealkylation sites (tertiary alicyclic amines) is 1. The standard InChI is InChI=1S/C14H21N3OS/c15-10-13-5-3-8-17(13)14(18)6-9-19-11-12-4-1-2-7-16-12/h1-2,4,7,13H,3,5-6,8-11,15H2. The molecule has 5 heteroatoms. The molecule has 1 aromatic heterocycles. The summed E-state index contributed by atoms with van der Waals surface area (Å²) in [6.07, 6.45) is 4.56. The molecule has 1 atom stereocenters. The van der Waals surface area contributed by atoms with E-state index in [9.17, 15) is 4.79 Å². The molecule has 0 bridgehead atoms. The number of hydrogen-bond donors (Lipinski definition) is 1. The maximum absolute atomic E-state index is 12.1. The van der Waals surface area contributed by atoms with Crippen molar-refractivity contribution in [2.75, 3.05) is 18.8 Å². The van der Waals surface area contributed by atoms with Gasteiger partial charge in [0.05, 0.1) is 5.69 Å². The fraction of sp³-hybridized carbons (Fsp3) is 0.571. The third-order valence-corrected chi connectivity index (χ3v) is 4.40. The van der Waals surface area contributed by atoms with Crippen LogP contribution in [0, 0.1) is 0 Å². The highest BCUT2D eigenvalue weighted by Crippen LogP contribution is 2.18. The van der Waals surface area contributed by atoms with Gasteiger partial charge in [0.2, 0.25) is 5.91 Å². The van der Waals surface area contributed by atoms with Crippen LogP contribution >= 0.6 is 11.8 Å². The lowest BCUT2D eigenvalue weighted by Gasteiger charge is -2.23. The van der Waals surface area contributed by atoms with Gasteiger partial charge in [0.15, 0.2) is 0 Å². The average molecular weight is 279 g/mol. The normalized spacial score (nSPS) is 18.8. The van der Waals surface area contributed by atoms with Crippen molar-refractivity contribution in [1.29, 1.82) is 0 Å². The first kappa shape index (κ1) is 14.3. The zero-order valence-corrected chi connectivity index (χ0v) is 11.9. The van der Waals surface area contributed by atoms with Crippen molar-refractivity contribution >= 4 is 17.7 Å². The Hall–Kier alpha value is -1.07. The molecule has 1 aliphatic rings. The second-order valence-corrected chi connectivity index (χ2v) is 5.85. The number of pyridine rings is 1. The number of nitrogens with two attached hydrogens (primary N) is 1. The van der Waals surface area contributed by atoms with Crippen LogP contribution in [0.4, 0.5) is 0 Å². The van der Waals surface area contributed by atoms with E-state index in [4.69, 9.17) is 5.73 Å². The van der Waals surface area contributed by atoms with E-state index in [0.29, 0.717) is 13.0 Å². The van der Waals surface area contributed by atoms with Crippen molar-refractivity contribution in [1.82, 2.24) is 9.88 Å². The van der Waals surface area contributed by atoms with E-state index in [-0.39, 0.29) is 11.9 Å². The molecule has 19 heavy (non-hydrogen) atoms. The number of thioether (sulfide) groups is 1. The Labute approximate surface area is 118 Å². The largest absolute Gasteiger partial charge is 0.338 e. The first-order valence-corrected chi connectivity index (χ1v) is 7.94. The first-order chi connectivity index (χ1) is 9.31. The van der Waals surface area contributed by atoms with Gasteiger partial charge < -0.3 is 10.6 Å². The van der Waals surface area contributed by atoms with E-state index in [1.807, 2.05) is 23.1 Å². The minimum Gasteiger partial charge on any atom is -0.338 e. The smallest absolute Gasteiger partial charge is 0.223 e. The number of carbonyl (C=O) groups excluding carboxylic acids is 1. The van der Waals surface area contributed by atoms with E-state index in [2.05, 4.69) is 4.98 Å². The summed E-state index contributed by atoms with van der Waals surface area (Å²) in [5.41, 5.74) is 6.76. The van der Waals surface area contributed by atoms with Crippen LogP contribution in [0.5, 0.6) is 0 Å². The summed E-state index contributed by atoms with van der Waals surface area (Å²) < 4.78 is 0. The van der Waals surface area contributed by atoms with Crippen LogP contribution in [0.2, 0.25) is 0 Å². The van der Waals surface area contributed by atoms with Gasteiger partial charge in [-0.05, 0) is 25.0 Å². The Balaban J connectivity index is 1.67. The molecule has 1 unspecified atom stereocenters. The van der Waals surface area contributed by atoms with Crippen LogP contribution in [0.1, 0.15) is 25.0 Å². The number of hydrogen-bond acceptors (Lipinski definition) is 4. The second-order valence-electron chi connectivity index (χ2n) is 4.74. The summed E-state index contributed by atoms with van der Waals surface area (Å²) in [4.78, 5) is 18.3. The number of nitrogens with zero attached hydrogens (tertiary/aromatic N) is 2. The average Bonchev–Trinajstić information content (AvgIpc) is 2.93. The minimum absolute atomic E-state index is 0.251. The lowest BCUT2D eigenvalue weighted by Crippen LogP contribution is -2.40. The highest BCUT2D eigenvalue weighted by atomic mass is 32.2. The van der Waals surface area contributed by atoms with Gasteiger partial charge in [0.1, 0.15) is 0 Å². The highest BCUT2D eigenvalue weighted by molar-refractivity contribution is 7.98. The molecule has 2 N–H and O–H groups in total. The summed E-state index contributed by atoms with van der Waals surface area (Å²) in [6, 6.07) is 6.19. The van der Waals surface area contributed by atoms with Crippen LogP contribution in [0.3, 0.4) is 0 Å². The fourth-order valence-electron chi connectivity index (χ4n) is 2.37. The van der Waals surface area contributed by atoms with Gasteiger partial charge in [0.25, 0.3) is 0 Å². The molecule has 0 spiro atoms. The van der Waals surface area contributed by atoms with Crippen molar-refractivity contribution in [3.8, 4) is 0 Å². The zero-order valence-electron chi connectivity index (χ0n) is 11.1. The number of amides is 1. The minimum atomic E-state index is 0.251. The SMILES string of the molecule is NCC1CCCN1C(=O)CCSCc1ccccn1. The fourth-order valence-corrected chi connectivity index (χ4v) is 3.22. The Morgan fingerprint density at radius 2 is 2.42 bits per heavy atom. The lowest BCUT2D eigenvalue weighted by molar-refractivity contribution is -0.131. The summed E-state index contributed by atoms with van der Waals surface area (Å²) in [5, 5.41) is 0. The number of rotatable bonds is 6. The lowest BCUT2D eigenvalue weighted by atomic mass is 10.2. The molecule has 1 amide bonds. The summed E-state index contributed by atoms with van der Waals surface area (Å²) in [6.45, 7) is 1.47. The topological polar surface area (TPSA) is 59.2 Å². The van der Waals surface area contributed by atoms with E-state index < -0.39 is 0 Å². The molecule has 1 aliphatic heterocycles. The Kier molecular flexibility index (Phi) is 5.66. The third kappa shape index (κ3) is 4.21. The van der Waals surface area contributed by atoms with Gasteiger partial charge in [-0.2, -0.15) is 11.8 Å². The van der Waals surface area contributed by atoms with Crippen molar-refractivity contribution in [3.05, 3.63) is 30.1 Å². The van der Waals surface area contributed by atoms with Crippen LogP contribution in [0.25, 0.3) is 0 Å². The van der Waals surface area contributed by atoms with Crippen molar-refractivity contribution in [2.24, 2.45) is 5.73 Å². The Morgan fingerprint density at radius 1 is 1.53 bits per heavy atom. The quantitative estimate of drug-likeness (QED) is 0.805. The highest BCUT2D eigenvalue weighted by Gasteiger charge is 2.26. The molecule has 1 fully saturated rings. The van der Waals surface area contributed by atoms with Crippen LogP contribution in [-0.2, 0) is 10.5 Å². The summed E-state index contributed by atoms with van der Waals surface area (Å²) >= 11 is 1.76. The molecule has 0 aromatic carbocycles. The van der Waals surface area contributed by atoms with Crippen molar-refractivity contribution in [2.45, 2.75) is 31.1 Å². The van der Waals surface area contributed by atoms with Crippen LogP contribution in [0.15, 0.2) is 24.4 Å². The van der Waals surface area contributed by atoms with Crippen LogP contribution < -0.4 is 5.73 Å². The molecule has 1 aromatic rings.